The molecule has 2 rings (SSSR count). The van der Waals surface area contributed by atoms with Crippen molar-refractivity contribution in [2.24, 2.45) is 0 Å². The first-order chi connectivity index (χ1) is 11.9. The molecule has 0 aromatic heterocycles. The first kappa shape index (κ1) is 19.2. The summed E-state index contributed by atoms with van der Waals surface area (Å²) in [6.45, 7) is 4.64. The van der Waals surface area contributed by atoms with E-state index in [9.17, 15) is 9.59 Å². The van der Waals surface area contributed by atoms with Gasteiger partial charge in [-0.15, -0.1) is 0 Å². The van der Waals surface area contributed by atoms with Gasteiger partial charge in [-0.1, -0.05) is 19.1 Å². The van der Waals surface area contributed by atoms with Crippen LogP contribution in [0, 0.1) is 0 Å². The smallest absolute Gasteiger partial charge is 0.319 e. The number of anilines is 1. The molecule has 7 heteroatoms. The zero-order chi connectivity index (χ0) is 18.4. The third kappa shape index (κ3) is 5.44. The molecule has 7 nitrogen and oxygen atoms in total. The topological polar surface area (TPSA) is 90.9 Å². The van der Waals surface area contributed by atoms with Crippen LogP contribution in [0.2, 0.25) is 0 Å². The van der Waals surface area contributed by atoms with E-state index in [1.165, 1.54) is 0 Å². The Morgan fingerprint density at radius 3 is 2.72 bits per heavy atom. The molecule has 1 atom stereocenters. The highest BCUT2D eigenvalue weighted by molar-refractivity contribution is 5.89. The average molecular weight is 349 g/mol. The van der Waals surface area contributed by atoms with Crippen molar-refractivity contribution in [3.8, 4) is 0 Å². The van der Waals surface area contributed by atoms with Crippen molar-refractivity contribution in [2.75, 3.05) is 25.5 Å². The van der Waals surface area contributed by atoms with E-state index < -0.39 is 5.97 Å². The molecular weight excluding hydrogens is 322 g/mol. The molecular formula is C18H27N3O4. The van der Waals surface area contributed by atoms with E-state index in [0.717, 1.165) is 24.1 Å². The molecule has 25 heavy (non-hydrogen) atoms. The number of likely N-dealkylation sites (N-methyl/N-ethyl adjacent to an activating group) is 1. The number of carboxylic acids is 1. The Labute approximate surface area is 148 Å². The normalized spacial score (nSPS) is 20.6. The van der Waals surface area contributed by atoms with Gasteiger partial charge in [0, 0.05) is 24.9 Å². The zero-order valence-electron chi connectivity index (χ0n) is 15.0. The summed E-state index contributed by atoms with van der Waals surface area (Å²) < 4.78 is 5.28. The van der Waals surface area contributed by atoms with Gasteiger partial charge >= 0.3 is 12.0 Å². The third-order valence-corrected chi connectivity index (χ3v) is 4.68. The molecule has 1 unspecified atom stereocenters. The van der Waals surface area contributed by atoms with Gasteiger partial charge in [0.05, 0.1) is 12.6 Å². The molecule has 138 valence electrons. The second kappa shape index (κ2) is 8.82. The van der Waals surface area contributed by atoms with Crippen molar-refractivity contribution in [2.45, 2.75) is 44.9 Å². The van der Waals surface area contributed by atoms with Crippen molar-refractivity contribution in [3.63, 3.8) is 0 Å². The number of carbonyl (C=O) groups is 2. The lowest BCUT2D eigenvalue weighted by Gasteiger charge is -2.42. The van der Waals surface area contributed by atoms with Crippen molar-refractivity contribution < 1.29 is 19.4 Å². The van der Waals surface area contributed by atoms with Crippen LogP contribution in [0.3, 0.4) is 0 Å². The SMILES string of the molecule is CCN(CC(=O)O)C1CC(NC(=O)Nc2cccc(C(C)OC)c2)C1. The van der Waals surface area contributed by atoms with E-state index in [1.54, 1.807) is 7.11 Å². The van der Waals surface area contributed by atoms with Crippen LogP contribution in [0.25, 0.3) is 0 Å². The molecule has 3 N–H and O–H groups in total. The summed E-state index contributed by atoms with van der Waals surface area (Å²) in [6, 6.07) is 7.61. The van der Waals surface area contributed by atoms with Crippen molar-refractivity contribution in [1.29, 1.82) is 0 Å². The number of amides is 2. The molecule has 1 aromatic rings. The highest BCUT2D eigenvalue weighted by Crippen LogP contribution is 2.26. The summed E-state index contributed by atoms with van der Waals surface area (Å²) in [7, 11) is 1.65. The lowest BCUT2D eigenvalue weighted by Crippen LogP contribution is -2.55. The van der Waals surface area contributed by atoms with E-state index >= 15 is 0 Å². The molecule has 0 radical (unpaired) electrons. The minimum Gasteiger partial charge on any atom is -0.480 e. The highest BCUT2D eigenvalue weighted by atomic mass is 16.5. The van der Waals surface area contributed by atoms with Gasteiger partial charge in [-0.2, -0.15) is 0 Å². The summed E-state index contributed by atoms with van der Waals surface area (Å²) >= 11 is 0. The van der Waals surface area contributed by atoms with Crippen molar-refractivity contribution in [3.05, 3.63) is 29.8 Å². The van der Waals surface area contributed by atoms with E-state index in [0.29, 0.717) is 6.54 Å². The Morgan fingerprint density at radius 2 is 2.12 bits per heavy atom. The second-order valence-electron chi connectivity index (χ2n) is 6.38. The number of hydrogen-bond acceptors (Lipinski definition) is 4. The summed E-state index contributed by atoms with van der Waals surface area (Å²) in [4.78, 5) is 24.9. The number of nitrogens with zero attached hydrogens (tertiary/aromatic N) is 1. The maximum atomic E-state index is 12.1. The van der Waals surface area contributed by atoms with E-state index in [-0.39, 0.29) is 30.8 Å². The molecule has 0 saturated heterocycles. The fraction of sp³-hybridized carbons (Fsp3) is 0.556. The Balaban J connectivity index is 1.79. The number of aliphatic carboxylic acids is 1. The molecule has 0 spiro atoms. The number of rotatable bonds is 8. The van der Waals surface area contributed by atoms with Gasteiger partial charge in [0.1, 0.15) is 0 Å². The number of hydrogen-bond donors (Lipinski definition) is 3. The highest BCUT2D eigenvalue weighted by Gasteiger charge is 2.34. The number of carboxylic acid groups (broad SMARTS) is 1. The molecule has 0 heterocycles. The fourth-order valence-corrected chi connectivity index (χ4v) is 3.03. The number of nitrogens with one attached hydrogen (secondary N) is 2. The van der Waals surface area contributed by atoms with E-state index in [2.05, 4.69) is 10.6 Å². The van der Waals surface area contributed by atoms with E-state index in [4.69, 9.17) is 9.84 Å². The first-order valence-corrected chi connectivity index (χ1v) is 8.59. The number of methoxy groups -OCH3 is 1. The van der Waals surface area contributed by atoms with E-state index in [1.807, 2.05) is 43.0 Å². The number of urea groups is 1. The summed E-state index contributed by atoms with van der Waals surface area (Å²) in [5.41, 5.74) is 1.71. The Morgan fingerprint density at radius 1 is 1.40 bits per heavy atom. The van der Waals surface area contributed by atoms with Crippen molar-refractivity contribution >= 4 is 17.7 Å². The predicted octanol–water partition coefficient (Wildman–Crippen LogP) is 2.45. The van der Waals surface area contributed by atoms with Crippen LogP contribution in [0.5, 0.6) is 0 Å². The van der Waals surface area contributed by atoms with Crippen molar-refractivity contribution in [1.82, 2.24) is 10.2 Å². The lowest BCUT2D eigenvalue weighted by molar-refractivity contribution is -0.139. The van der Waals surface area contributed by atoms with Crippen LogP contribution in [-0.2, 0) is 9.53 Å². The monoisotopic (exact) mass is 349 g/mol. The van der Waals surface area contributed by atoms with Gasteiger partial charge in [-0.05, 0) is 44.0 Å². The standard InChI is InChI=1S/C18H27N3O4/c1-4-21(11-17(22)23)16-9-15(10-16)20-18(24)19-14-7-5-6-13(8-14)12(2)25-3/h5-8,12,15-16H,4,9-11H2,1-3H3,(H,22,23)(H2,19,20,24). The van der Waals surface area contributed by atoms with Gasteiger partial charge in [0.15, 0.2) is 0 Å². The first-order valence-electron chi connectivity index (χ1n) is 8.59. The van der Waals surface area contributed by atoms with Gasteiger partial charge in [0.25, 0.3) is 0 Å². The van der Waals surface area contributed by atoms with Crippen LogP contribution in [-0.4, -0.2) is 54.3 Å². The molecule has 2 amide bonds. The summed E-state index contributed by atoms with van der Waals surface area (Å²) in [6.07, 6.45) is 1.51. The van der Waals surface area contributed by atoms with Gasteiger partial charge in [-0.25, -0.2) is 4.79 Å². The van der Waals surface area contributed by atoms with Gasteiger partial charge < -0.3 is 20.5 Å². The Kier molecular flexibility index (Phi) is 6.78. The maximum absolute atomic E-state index is 12.1. The quantitative estimate of drug-likeness (QED) is 0.671. The van der Waals surface area contributed by atoms with Crippen LogP contribution in [0.15, 0.2) is 24.3 Å². The maximum Gasteiger partial charge on any atom is 0.319 e. The molecule has 1 fully saturated rings. The number of ether oxygens (including phenoxy) is 1. The summed E-state index contributed by atoms with van der Waals surface area (Å²) in [5.74, 6) is -0.818. The third-order valence-electron chi connectivity index (χ3n) is 4.68. The molecule has 1 aliphatic carbocycles. The van der Waals surface area contributed by atoms with Crippen LogP contribution < -0.4 is 10.6 Å². The van der Waals surface area contributed by atoms with Gasteiger partial charge in [0.2, 0.25) is 0 Å². The lowest BCUT2D eigenvalue weighted by atomic mass is 9.85. The van der Waals surface area contributed by atoms with Gasteiger partial charge in [-0.3, -0.25) is 9.69 Å². The summed E-state index contributed by atoms with van der Waals surface area (Å²) in [5, 5.41) is 14.7. The molecule has 0 bridgehead atoms. The number of benzene rings is 1. The molecule has 1 saturated carbocycles. The average Bonchev–Trinajstić information content (AvgIpc) is 2.55. The minimum atomic E-state index is -0.818. The largest absolute Gasteiger partial charge is 0.480 e. The van der Waals surface area contributed by atoms with Crippen LogP contribution in [0.4, 0.5) is 10.5 Å². The number of carbonyl (C=O) groups excluding carboxylic acids is 1. The molecule has 1 aliphatic rings. The predicted molar refractivity (Wildman–Crippen MR) is 95.7 cm³/mol. The Hall–Kier alpha value is -2.12. The molecule has 0 aliphatic heterocycles. The van der Waals surface area contributed by atoms with Crippen LogP contribution >= 0.6 is 0 Å². The Bertz CT molecular complexity index is 602. The van der Waals surface area contributed by atoms with Crippen LogP contribution in [0.1, 0.15) is 38.4 Å². The second-order valence-corrected chi connectivity index (χ2v) is 6.38. The minimum absolute atomic E-state index is 0.0357. The fourth-order valence-electron chi connectivity index (χ4n) is 3.03. The zero-order valence-corrected chi connectivity index (χ0v) is 15.0. The molecule has 1 aromatic carbocycles.